The maximum atomic E-state index is 11.8. The highest BCUT2D eigenvalue weighted by atomic mass is 32.2. The van der Waals surface area contributed by atoms with Gasteiger partial charge in [-0.05, 0) is 32.1 Å². The summed E-state index contributed by atoms with van der Waals surface area (Å²) < 4.78 is 62.3. The van der Waals surface area contributed by atoms with Gasteiger partial charge in [0.1, 0.15) is 5.76 Å². The molecule has 1 fully saturated rings. The molecule has 5 nitrogen and oxygen atoms in total. The maximum Gasteiger partial charge on any atom is 0.379 e. The van der Waals surface area contributed by atoms with Gasteiger partial charge in [-0.3, -0.25) is 0 Å². The largest absolute Gasteiger partial charge is 0.466 e. The number of hydrogen-bond donors (Lipinski definition) is 0. The van der Waals surface area contributed by atoms with Crippen LogP contribution < -0.4 is 0 Å². The summed E-state index contributed by atoms with van der Waals surface area (Å²) >= 11 is 0. The number of methoxy groups -OCH3 is 1. The predicted octanol–water partition coefficient (Wildman–Crippen LogP) is 2.53. The molecule has 9 heteroatoms. The molecule has 1 aliphatic carbocycles. The van der Waals surface area contributed by atoms with Gasteiger partial charge in [-0.1, -0.05) is 0 Å². The molecule has 3 rings (SSSR count). The highest BCUT2D eigenvalue weighted by Crippen LogP contribution is 2.38. The van der Waals surface area contributed by atoms with Crippen molar-refractivity contribution in [3.8, 4) is 0 Å². The smallest absolute Gasteiger partial charge is 0.379 e. The minimum Gasteiger partial charge on any atom is -0.466 e. The van der Waals surface area contributed by atoms with E-state index in [-0.39, 0.29) is 11.7 Å². The number of carbonyl (C=O) groups excluding carboxylic acids is 1. The van der Waals surface area contributed by atoms with Gasteiger partial charge in [0.15, 0.2) is 0 Å². The summed E-state index contributed by atoms with van der Waals surface area (Å²) in [6, 6.07) is 0. The normalized spacial score (nSPS) is 27.1. The lowest BCUT2D eigenvalue weighted by molar-refractivity contribution is -0.136. The fourth-order valence-corrected chi connectivity index (χ4v) is 3.55. The Bertz CT molecular complexity index is 512. The molecule has 2 heterocycles. The van der Waals surface area contributed by atoms with Gasteiger partial charge in [-0.15, -0.1) is 0 Å². The minimum atomic E-state index is -3.67. The number of allylic oxidation sites excluding steroid dienone is 1. The molecule has 0 amide bonds. The Morgan fingerprint density at radius 3 is 2.48 bits per heavy atom. The number of halogens is 3. The van der Waals surface area contributed by atoms with E-state index in [2.05, 4.69) is 4.74 Å². The van der Waals surface area contributed by atoms with E-state index in [0.717, 1.165) is 6.42 Å². The quantitative estimate of drug-likeness (QED) is 0.546. The molecule has 2 unspecified atom stereocenters. The van der Waals surface area contributed by atoms with E-state index in [1.807, 2.05) is 0 Å². The number of fused-ring (bicyclic) bond motifs is 5. The van der Waals surface area contributed by atoms with Crippen LogP contribution in [-0.2, 0) is 23.8 Å². The SMILES string of the molecule is COC(=O)C1=C2CCC(C1)CC(C)S(=O)(=O)O2.FC(F)F. The zero-order valence-electron chi connectivity index (χ0n) is 11.6. The van der Waals surface area contributed by atoms with Gasteiger partial charge < -0.3 is 8.92 Å². The molecule has 21 heavy (non-hydrogen) atoms. The van der Waals surface area contributed by atoms with E-state index in [1.165, 1.54) is 7.11 Å². The van der Waals surface area contributed by atoms with Crippen LogP contribution >= 0.6 is 0 Å². The monoisotopic (exact) mass is 330 g/mol. The lowest BCUT2D eigenvalue weighted by Crippen LogP contribution is -2.31. The van der Waals surface area contributed by atoms with Crippen molar-refractivity contribution in [1.82, 2.24) is 0 Å². The van der Waals surface area contributed by atoms with Crippen LogP contribution in [0.3, 0.4) is 0 Å². The maximum absolute atomic E-state index is 11.8. The summed E-state index contributed by atoms with van der Waals surface area (Å²) in [4.78, 5) is 11.6. The summed E-state index contributed by atoms with van der Waals surface area (Å²) in [7, 11) is -2.30. The first-order valence-electron chi connectivity index (χ1n) is 6.33. The lowest BCUT2D eigenvalue weighted by Gasteiger charge is -2.31. The van der Waals surface area contributed by atoms with Crippen LogP contribution in [0.25, 0.3) is 0 Å². The molecule has 122 valence electrons. The average molecular weight is 330 g/mol. The molecule has 2 atom stereocenters. The van der Waals surface area contributed by atoms with Gasteiger partial charge in [-0.25, -0.2) is 4.79 Å². The summed E-state index contributed by atoms with van der Waals surface area (Å²) in [5.41, 5.74) is 0.388. The summed E-state index contributed by atoms with van der Waals surface area (Å²) in [6.07, 6.45) is 2.47. The molecule has 0 radical (unpaired) electrons. The van der Waals surface area contributed by atoms with Crippen LogP contribution in [0.2, 0.25) is 0 Å². The van der Waals surface area contributed by atoms with Crippen molar-refractivity contribution in [2.75, 3.05) is 7.11 Å². The Hall–Kier alpha value is -1.25. The number of ether oxygens (including phenoxy) is 1. The van der Waals surface area contributed by atoms with Crippen LogP contribution in [0.5, 0.6) is 0 Å². The molecule has 3 aliphatic rings. The third-order valence-corrected chi connectivity index (χ3v) is 5.03. The number of alkyl halides is 3. The Morgan fingerprint density at radius 2 is 1.95 bits per heavy atom. The molecular formula is C12H17F3O5S. The second-order valence-electron chi connectivity index (χ2n) is 4.87. The van der Waals surface area contributed by atoms with E-state index in [0.29, 0.717) is 24.8 Å². The topological polar surface area (TPSA) is 69.7 Å². The van der Waals surface area contributed by atoms with E-state index < -0.39 is 28.0 Å². The highest BCUT2D eigenvalue weighted by Gasteiger charge is 2.37. The summed E-state index contributed by atoms with van der Waals surface area (Å²) in [5.74, 6) is 0.0237. The van der Waals surface area contributed by atoms with Gasteiger partial charge in [-0.2, -0.15) is 21.6 Å². The Labute approximate surface area is 121 Å². The fraction of sp³-hybridized carbons (Fsp3) is 0.750. The molecule has 0 N–H and O–H groups in total. The number of esters is 1. The second kappa shape index (κ2) is 7.15. The van der Waals surface area contributed by atoms with Crippen molar-refractivity contribution < 1.29 is 35.3 Å². The lowest BCUT2D eigenvalue weighted by atomic mass is 9.84. The van der Waals surface area contributed by atoms with E-state index in [1.54, 1.807) is 6.92 Å². The first-order chi connectivity index (χ1) is 9.67. The van der Waals surface area contributed by atoms with Gasteiger partial charge in [0, 0.05) is 6.42 Å². The molecule has 0 spiro atoms. The molecule has 0 aromatic heterocycles. The zero-order chi connectivity index (χ0) is 16.2. The van der Waals surface area contributed by atoms with Gasteiger partial charge >= 0.3 is 22.8 Å². The predicted molar refractivity (Wildman–Crippen MR) is 67.6 cm³/mol. The molecule has 0 saturated carbocycles. The summed E-state index contributed by atoms with van der Waals surface area (Å²) in [6.45, 7) is -2.02. The summed E-state index contributed by atoms with van der Waals surface area (Å²) in [5, 5.41) is -0.512. The van der Waals surface area contributed by atoms with Crippen LogP contribution in [0, 0.1) is 5.92 Å². The third kappa shape index (κ3) is 4.90. The molecule has 2 bridgehead atoms. The van der Waals surface area contributed by atoms with E-state index in [9.17, 15) is 26.4 Å². The molecule has 0 aromatic carbocycles. The first-order valence-corrected chi connectivity index (χ1v) is 7.80. The van der Waals surface area contributed by atoms with Crippen molar-refractivity contribution >= 4 is 16.1 Å². The highest BCUT2D eigenvalue weighted by molar-refractivity contribution is 7.87. The number of hydrogen-bond acceptors (Lipinski definition) is 5. The van der Waals surface area contributed by atoms with Crippen LogP contribution in [0.15, 0.2) is 11.3 Å². The second-order valence-corrected chi connectivity index (χ2v) is 6.83. The zero-order valence-corrected chi connectivity index (χ0v) is 12.5. The van der Waals surface area contributed by atoms with Crippen LogP contribution in [0.4, 0.5) is 13.2 Å². The van der Waals surface area contributed by atoms with Gasteiger partial charge in [0.05, 0.1) is 17.9 Å². The molecular weight excluding hydrogens is 313 g/mol. The number of rotatable bonds is 1. The van der Waals surface area contributed by atoms with Crippen LogP contribution in [-0.4, -0.2) is 33.4 Å². The van der Waals surface area contributed by atoms with Crippen molar-refractivity contribution in [3.63, 3.8) is 0 Å². The molecule has 2 aliphatic heterocycles. The van der Waals surface area contributed by atoms with Crippen molar-refractivity contribution in [2.45, 2.75) is 44.5 Å². The van der Waals surface area contributed by atoms with Crippen molar-refractivity contribution in [2.24, 2.45) is 5.92 Å². The Kier molecular flexibility index (Phi) is 6.06. The van der Waals surface area contributed by atoms with Crippen LogP contribution in [0.1, 0.15) is 32.6 Å². The van der Waals surface area contributed by atoms with Gasteiger partial charge in [0.2, 0.25) is 0 Å². The first kappa shape index (κ1) is 17.8. The number of carbonyl (C=O) groups is 1. The third-order valence-electron chi connectivity index (χ3n) is 3.42. The molecule has 0 aromatic rings. The standard InChI is InChI=1S/C11H16O5S.CHF3/c1-7-5-8-3-4-10(16-17(7,13)14)9(6-8)11(12)15-2;2-1(3)4/h7-8H,3-6H2,1-2H3;1H. The van der Waals surface area contributed by atoms with E-state index in [4.69, 9.17) is 4.18 Å². The Balaban J connectivity index is 0.000000491. The van der Waals surface area contributed by atoms with E-state index >= 15 is 0 Å². The van der Waals surface area contributed by atoms with Gasteiger partial charge in [0.25, 0.3) is 0 Å². The molecule has 1 saturated heterocycles. The fourth-order valence-electron chi connectivity index (χ4n) is 2.41. The van der Waals surface area contributed by atoms with Crippen molar-refractivity contribution in [3.05, 3.63) is 11.3 Å². The minimum absolute atomic E-state index is 0.224. The van der Waals surface area contributed by atoms with Crippen molar-refractivity contribution in [1.29, 1.82) is 0 Å². The Morgan fingerprint density at radius 1 is 1.38 bits per heavy atom. The average Bonchev–Trinajstić information content (AvgIpc) is 2.37.